The van der Waals surface area contributed by atoms with E-state index in [1.165, 1.54) is 67.5 Å². The third kappa shape index (κ3) is 17.5. The maximum atomic E-state index is 12.0. The van der Waals surface area contributed by atoms with E-state index in [1.54, 1.807) is 0 Å². The molecule has 3 aliphatic rings. The maximum Gasteiger partial charge on any atom is 0.129 e. The second-order valence-electron chi connectivity index (χ2n) is 16.4. The van der Waals surface area contributed by atoms with E-state index in [1.807, 2.05) is 14.0 Å². The number of aliphatic hydroxyl groups excluding tert-OH is 1. The minimum absolute atomic E-state index is 0.165. The molecule has 2 saturated heterocycles. The normalized spacial score (nSPS) is 16.8. The summed E-state index contributed by atoms with van der Waals surface area (Å²) in [6.07, 6.45) is 15.8. The van der Waals surface area contributed by atoms with Crippen LogP contribution in [-0.4, -0.2) is 135 Å². The molecule has 13 nitrogen and oxygen atoms in total. The van der Waals surface area contributed by atoms with E-state index in [0.717, 1.165) is 127 Å². The molecule has 334 valence electrons. The van der Waals surface area contributed by atoms with E-state index in [-0.39, 0.29) is 5.92 Å². The summed E-state index contributed by atoms with van der Waals surface area (Å²) in [4.78, 5) is 43.5. The summed E-state index contributed by atoms with van der Waals surface area (Å²) in [5.41, 5.74) is 13.6. The fourth-order valence-electron chi connectivity index (χ4n) is 8.12. The number of nitrogens with one attached hydrogen (secondary N) is 2. The summed E-state index contributed by atoms with van der Waals surface area (Å²) in [6, 6.07) is 13.5. The van der Waals surface area contributed by atoms with Crippen molar-refractivity contribution in [2.75, 3.05) is 96.9 Å². The lowest BCUT2D eigenvalue weighted by Crippen LogP contribution is -2.44. The van der Waals surface area contributed by atoms with Gasteiger partial charge in [0.2, 0.25) is 0 Å². The highest BCUT2D eigenvalue weighted by Gasteiger charge is 2.27. The number of nitrogens with zero attached hydrogens (tertiary/aromatic N) is 6. The van der Waals surface area contributed by atoms with Crippen molar-refractivity contribution in [3.8, 4) is 5.69 Å². The predicted molar refractivity (Wildman–Crippen MR) is 246 cm³/mol. The van der Waals surface area contributed by atoms with Crippen LogP contribution in [0.1, 0.15) is 105 Å². The molecule has 0 aliphatic carbocycles. The highest BCUT2D eigenvalue weighted by atomic mass is 16.2. The quantitative estimate of drug-likeness (QED) is 0.0837. The zero-order chi connectivity index (χ0) is 43.5. The molecule has 3 aliphatic heterocycles. The van der Waals surface area contributed by atoms with E-state index in [2.05, 4.69) is 80.4 Å². The first kappa shape index (κ1) is 50.3. The van der Waals surface area contributed by atoms with Crippen LogP contribution in [0, 0.1) is 19.8 Å². The van der Waals surface area contributed by atoms with Gasteiger partial charge in [-0.05, 0) is 146 Å². The average molecular weight is 832 g/mol. The van der Waals surface area contributed by atoms with Gasteiger partial charge in [-0.1, -0.05) is 18.9 Å². The van der Waals surface area contributed by atoms with Gasteiger partial charge in [-0.25, -0.2) is 9.67 Å². The number of benzene rings is 1. The van der Waals surface area contributed by atoms with Gasteiger partial charge in [-0.15, -0.1) is 0 Å². The molecule has 2 aromatic heterocycles. The molecule has 1 aromatic carbocycles. The van der Waals surface area contributed by atoms with Gasteiger partial charge in [-0.2, -0.15) is 5.10 Å². The number of unbranched alkanes of at least 4 members (excludes halogenated alkanes) is 5. The Bertz CT molecular complexity index is 1650. The molecule has 2 unspecified atom stereocenters. The van der Waals surface area contributed by atoms with Crippen molar-refractivity contribution in [1.82, 2.24) is 29.9 Å². The van der Waals surface area contributed by atoms with Crippen molar-refractivity contribution in [3.05, 3.63) is 64.6 Å². The average Bonchev–Trinajstić information content (AvgIpc) is 3.88. The molecule has 60 heavy (non-hydrogen) atoms. The van der Waals surface area contributed by atoms with Gasteiger partial charge in [0, 0.05) is 95.2 Å². The molecular formula is C47H77N9O4. The molecule has 0 bridgehead atoms. The number of hydrogen-bond donors (Lipinski definition) is 4. The molecule has 5 heterocycles. The van der Waals surface area contributed by atoms with Crippen LogP contribution in [0.5, 0.6) is 0 Å². The Hall–Kier alpha value is -4.01. The highest BCUT2D eigenvalue weighted by Crippen LogP contribution is 2.32. The summed E-state index contributed by atoms with van der Waals surface area (Å²) >= 11 is 0. The van der Waals surface area contributed by atoms with Crippen LogP contribution in [0.25, 0.3) is 5.69 Å². The number of aromatic nitrogens is 3. The van der Waals surface area contributed by atoms with Crippen LogP contribution in [0.3, 0.4) is 0 Å². The number of rotatable bonds is 20. The molecule has 6 rings (SSSR count). The lowest BCUT2D eigenvalue weighted by Gasteiger charge is -2.35. The van der Waals surface area contributed by atoms with Crippen molar-refractivity contribution < 1.29 is 19.5 Å². The number of hydrogen-bond acceptors (Lipinski definition) is 12. The van der Waals surface area contributed by atoms with Crippen molar-refractivity contribution >= 4 is 30.4 Å². The zero-order valence-electron chi connectivity index (χ0n) is 37.5. The molecule has 0 radical (unpaired) electrons. The summed E-state index contributed by atoms with van der Waals surface area (Å²) < 4.78 is 2.06. The molecular weight excluding hydrogens is 755 g/mol. The number of nitrogens with two attached hydrogens (primary N) is 1. The Morgan fingerprint density at radius 1 is 0.917 bits per heavy atom. The summed E-state index contributed by atoms with van der Waals surface area (Å²) in [5.74, 6) is 1.94. The van der Waals surface area contributed by atoms with E-state index in [4.69, 9.17) is 20.9 Å². The van der Waals surface area contributed by atoms with Crippen LogP contribution in [0.15, 0.2) is 36.4 Å². The minimum Gasteiger partial charge on any atom is -0.400 e. The number of aliphatic hydroxyl groups is 1. The SMILES string of the molecule is CNCCCCCCN.CO.Cc1cc(C)n(-c2cc(C(CC=O)CN3CCC(CCc4ccc5c(n4)NCCC5)C3)cc(N3CCN(C)CC3)c2)n1.O=CCCCC=O. The van der Waals surface area contributed by atoms with E-state index >= 15 is 0 Å². The second kappa shape index (κ2) is 29.3. The fourth-order valence-corrected chi connectivity index (χ4v) is 8.12. The molecule has 13 heteroatoms. The Morgan fingerprint density at radius 3 is 2.32 bits per heavy atom. The molecule has 3 aromatic rings. The minimum atomic E-state index is 0.165. The number of piperazine rings is 1. The topological polar surface area (TPSA) is 162 Å². The number of pyridine rings is 1. The third-order valence-electron chi connectivity index (χ3n) is 11.5. The Morgan fingerprint density at radius 2 is 1.65 bits per heavy atom. The van der Waals surface area contributed by atoms with E-state index in [0.29, 0.717) is 31.6 Å². The Balaban J connectivity index is 0.000000449. The summed E-state index contributed by atoms with van der Waals surface area (Å²) in [7, 11) is 5.18. The van der Waals surface area contributed by atoms with Gasteiger partial charge in [0.1, 0.15) is 24.7 Å². The molecule has 5 N–H and O–H groups in total. The lowest BCUT2D eigenvalue weighted by molar-refractivity contribution is -0.109. The van der Waals surface area contributed by atoms with Crippen molar-refractivity contribution in [3.63, 3.8) is 0 Å². The molecule has 2 atom stereocenters. The van der Waals surface area contributed by atoms with Gasteiger partial charge in [0.15, 0.2) is 0 Å². The summed E-state index contributed by atoms with van der Waals surface area (Å²) in [6.45, 7) is 14.4. The number of likely N-dealkylation sites (tertiary alicyclic amines) is 1. The van der Waals surface area contributed by atoms with Crippen LogP contribution in [0.2, 0.25) is 0 Å². The summed E-state index contributed by atoms with van der Waals surface area (Å²) in [5, 5.41) is 18.4. The third-order valence-corrected chi connectivity index (χ3v) is 11.5. The zero-order valence-corrected chi connectivity index (χ0v) is 37.5. The Kier molecular flexibility index (Phi) is 24.6. The largest absolute Gasteiger partial charge is 0.400 e. The van der Waals surface area contributed by atoms with Gasteiger partial charge in [-0.3, -0.25) is 0 Å². The van der Waals surface area contributed by atoms with Crippen molar-refractivity contribution in [2.45, 2.75) is 103 Å². The number of carbonyl (C=O) groups excluding carboxylic acids is 3. The number of aryl methyl sites for hydroxylation is 4. The number of aldehydes is 3. The van der Waals surface area contributed by atoms with E-state index < -0.39 is 0 Å². The van der Waals surface area contributed by atoms with Crippen molar-refractivity contribution in [1.29, 1.82) is 0 Å². The second-order valence-corrected chi connectivity index (χ2v) is 16.4. The van der Waals surface area contributed by atoms with Crippen LogP contribution >= 0.6 is 0 Å². The van der Waals surface area contributed by atoms with E-state index in [9.17, 15) is 14.4 Å². The first-order chi connectivity index (χ1) is 29.3. The number of likely N-dealkylation sites (N-methyl/N-ethyl adjacent to an activating group) is 1. The highest BCUT2D eigenvalue weighted by molar-refractivity contribution is 5.59. The number of carbonyl (C=O) groups is 3. The molecule has 2 fully saturated rings. The van der Waals surface area contributed by atoms with Crippen molar-refractivity contribution in [2.24, 2.45) is 11.7 Å². The predicted octanol–water partition coefficient (Wildman–Crippen LogP) is 5.51. The van der Waals surface area contributed by atoms with Gasteiger partial charge < -0.3 is 50.6 Å². The van der Waals surface area contributed by atoms with Crippen LogP contribution in [-0.2, 0) is 27.2 Å². The first-order valence-electron chi connectivity index (χ1n) is 22.5. The standard InChI is InChI=1S/C34H47N7O.C7H18N2.C5H8O2.CH4O/c1-25-19-26(2)41(37-25)33-21-30(20-32(22-33)40-16-14-38(3)15-17-40)29(11-18-42)24-39-13-10-27(23-39)6-8-31-9-7-28-5-4-12-35-34(28)36-31;1-9-7-5-3-2-4-6-8;6-4-2-1-3-5-7;1-2/h7,9,18-22,27,29H,4-6,8,10-17,23-24H2,1-3H3,(H,35,36);9H,2-8H2,1H3;4-5H,1-3H2;2H,1H3. The van der Waals surface area contributed by atoms with Gasteiger partial charge in [0.05, 0.1) is 11.4 Å². The van der Waals surface area contributed by atoms with Gasteiger partial charge >= 0.3 is 0 Å². The smallest absolute Gasteiger partial charge is 0.129 e. The molecule has 0 amide bonds. The maximum absolute atomic E-state index is 12.0. The first-order valence-corrected chi connectivity index (χ1v) is 22.5. The number of fused-ring (bicyclic) bond motifs is 1. The molecule has 0 saturated carbocycles. The lowest BCUT2D eigenvalue weighted by atomic mass is 9.94. The van der Waals surface area contributed by atoms with Crippen LogP contribution < -0.4 is 21.3 Å². The Labute approximate surface area is 360 Å². The molecule has 0 spiro atoms. The number of anilines is 2. The monoisotopic (exact) mass is 832 g/mol. The fraction of sp³-hybridized carbons (Fsp3) is 0.638. The van der Waals surface area contributed by atoms with Crippen LogP contribution in [0.4, 0.5) is 11.5 Å². The van der Waals surface area contributed by atoms with Gasteiger partial charge in [0.25, 0.3) is 0 Å².